The largest absolute Gasteiger partial charge is 0.573 e. The Balaban J connectivity index is 1.65. The molecule has 0 unspecified atom stereocenters. The molecule has 4 nitrogen and oxygen atoms in total. The van der Waals surface area contributed by atoms with Gasteiger partial charge in [0.15, 0.2) is 0 Å². The van der Waals surface area contributed by atoms with Crippen molar-refractivity contribution in [2.45, 2.75) is 32.7 Å². The lowest BCUT2D eigenvalue weighted by molar-refractivity contribution is -0.274. The molecule has 1 aromatic carbocycles. The number of alkyl halides is 3. The summed E-state index contributed by atoms with van der Waals surface area (Å²) in [6.07, 6.45) is -0.219. The van der Waals surface area contributed by atoms with Crippen molar-refractivity contribution in [3.05, 3.63) is 36.3 Å². The predicted molar refractivity (Wildman–Crippen MR) is 76.1 cm³/mol. The highest BCUT2D eigenvalue weighted by atomic mass is 19.4. The number of rotatable bonds is 5. The molecule has 22 heavy (non-hydrogen) atoms. The number of hydrogen-bond acceptors (Lipinski definition) is 3. The van der Waals surface area contributed by atoms with E-state index in [4.69, 9.17) is 0 Å². The van der Waals surface area contributed by atoms with E-state index in [1.54, 1.807) is 0 Å². The minimum absolute atomic E-state index is 0.242. The summed E-state index contributed by atoms with van der Waals surface area (Å²) in [7, 11) is 0. The summed E-state index contributed by atoms with van der Waals surface area (Å²) in [6, 6.07) is 5.58. The first-order valence-electron chi connectivity index (χ1n) is 7.06. The quantitative estimate of drug-likeness (QED) is 0.897. The zero-order valence-electron chi connectivity index (χ0n) is 12.0. The zero-order chi connectivity index (χ0) is 15.7. The van der Waals surface area contributed by atoms with Crippen molar-refractivity contribution in [1.82, 2.24) is 9.55 Å². The van der Waals surface area contributed by atoms with Gasteiger partial charge >= 0.3 is 6.36 Å². The third-order valence-corrected chi connectivity index (χ3v) is 3.49. The van der Waals surface area contributed by atoms with Crippen LogP contribution in [0.3, 0.4) is 0 Å². The van der Waals surface area contributed by atoms with Gasteiger partial charge in [0.1, 0.15) is 17.4 Å². The maximum absolute atomic E-state index is 12.1. The van der Waals surface area contributed by atoms with Gasteiger partial charge in [-0.3, -0.25) is 0 Å². The molecule has 0 bridgehead atoms. The van der Waals surface area contributed by atoms with Crippen LogP contribution in [0, 0.1) is 12.8 Å². The fraction of sp³-hybridized carbons (Fsp3) is 0.400. The van der Waals surface area contributed by atoms with Crippen LogP contribution in [0.5, 0.6) is 5.75 Å². The Morgan fingerprint density at radius 2 is 1.95 bits per heavy atom. The smallest absolute Gasteiger partial charge is 0.406 e. The molecule has 3 rings (SSSR count). The summed E-state index contributed by atoms with van der Waals surface area (Å²) in [4.78, 5) is 4.41. The first-order valence-corrected chi connectivity index (χ1v) is 7.06. The topological polar surface area (TPSA) is 39.1 Å². The van der Waals surface area contributed by atoms with Crippen LogP contribution in [0.15, 0.2) is 30.5 Å². The zero-order valence-corrected chi connectivity index (χ0v) is 12.0. The molecule has 1 N–H and O–H groups in total. The number of aromatic nitrogens is 2. The van der Waals surface area contributed by atoms with Crippen LogP contribution < -0.4 is 10.1 Å². The number of benzene rings is 1. The van der Waals surface area contributed by atoms with Crippen LogP contribution in [-0.4, -0.2) is 15.9 Å². The standard InChI is InChI=1S/C15H16F3N3O/c1-10-19-14(9-21(10)8-11-2-3-11)20-12-4-6-13(7-5-12)22-15(16,17)18/h4-7,9,11,20H,2-3,8H2,1H3. The fourth-order valence-electron chi connectivity index (χ4n) is 2.22. The molecular weight excluding hydrogens is 295 g/mol. The number of imidazole rings is 1. The number of ether oxygens (including phenoxy) is 1. The number of aryl methyl sites for hydroxylation is 1. The molecule has 0 saturated heterocycles. The molecule has 0 atom stereocenters. The lowest BCUT2D eigenvalue weighted by atomic mass is 10.3. The third kappa shape index (κ3) is 3.93. The van der Waals surface area contributed by atoms with Gasteiger partial charge in [0.2, 0.25) is 0 Å². The van der Waals surface area contributed by atoms with E-state index in [1.807, 2.05) is 13.1 Å². The Morgan fingerprint density at radius 3 is 2.55 bits per heavy atom. The minimum Gasteiger partial charge on any atom is -0.406 e. The van der Waals surface area contributed by atoms with Crippen molar-refractivity contribution in [2.75, 3.05) is 5.32 Å². The molecule has 1 heterocycles. The Hall–Kier alpha value is -2.18. The second kappa shape index (κ2) is 5.55. The monoisotopic (exact) mass is 311 g/mol. The van der Waals surface area contributed by atoms with Crippen LogP contribution in [0.25, 0.3) is 0 Å². The number of nitrogens with zero attached hydrogens (tertiary/aromatic N) is 2. The summed E-state index contributed by atoms with van der Waals surface area (Å²) >= 11 is 0. The Morgan fingerprint density at radius 1 is 1.27 bits per heavy atom. The van der Waals surface area contributed by atoms with Crippen molar-refractivity contribution in [1.29, 1.82) is 0 Å². The molecule has 1 aliphatic carbocycles. The SMILES string of the molecule is Cc1nc(Nc2ccc(OC(F)(F)F)cc2)cn1CC1CC1. The molecule has 0 amide bonds. The van der Waals surface area contributed by atoms with Gasteiger partial charge in [0.25, 0.3) is 0 Å². The summed E-state index contributed by atoms with van der Waals surface area (Å²) in [6.45, 7) is 2.91. The average Bonchev–Trinajstić information content (AvgIpc) is 3.16. The maximum Gasteiger partial charge on any atom is 0.573 e. The van der Waals surface area contributed by atoms with Gasteiger partial charge in [-0.05, 0) is 49.9 Å². The van der Waals surface area contributed by atoms with E-state index in [0.29, 0.717) is 11.5 Å². The molecular formula is C15H16F3N3O. The maximum atomic E-state index is 12.1. The number of anilines is 2. The normalized spacial score (nSPS) is 14.9. The Bertz CT molecular complexity index is 645. The van der Waals surface area contributed by atoms with Crippen molar-refractivity contribution in [2.24, 2.45) is 5.92 Å². The van der Waals surface area contributed by atoms with E-state index >= 15 is 0 Å². The molecule has 0 spiro atoms. The lowest BCUT2D eigenvalue weighted by Gasteiger charge is -2.09. The summed E-state index contributed by atoms with van der Waals surface area (Å²) in [5, 5.41) is 3.08. The van der Waals surface area contributed by atoms with Crippen molar-refractivity contribution >= 4 is 11.5 Å². The van der Waals surface area contributed by atoms with Crippen molar-refractivity contribution in [3.63, 3.8) is 0 Å². The number of halogens is 3. The van der Waals surface area contributed by atoms with E-state index < -0.39 is 6.36 Å². The van der Waals surface area contributed by atoms with E-state index in [2.05, 4.69) is 19.6 Å². The van der Waals surface area contributed by atoms with Crippen LogP contribution >= 0.6 is 0 Å². The average molecular weight is 311 g/mol. The summed E-state index contributed by atoms with van der Waals surface area (Å²) in [5.74, 6) is 2.11. The highest BCUT2D eigenvalue weighted by Gasteiger charge is 2.31. The van der Waals surface area contributed by atoms with E-state index in [1.165, 1.54) is 37.1 Å². The summed E-state index contributed by atoms with van der Waals surface area (Å²) in [5.41, 5.74) is 0.658. The molecule has 1 fully saturated rings. The predicted octanol–water partition coefficient (Wildman–Crippen LogP) is 4.24. The van der Waals surface area contributed by atoms with E-state index in [-0.39, 0.29) is 5.75 Å². The van der Waals surface area contributed by atoms with Crippen LogP contribution in [0.4, 0.5) is 24.7 Å². The van der Waals surface area contributed by atoms with Crippen LogP contribution in [0.2, 0.25) is 0 Å². The van der Waals surface area contributed by atoms with Crippen molar-refractivity contribution in [3.8, 4) is 5.75 Å². The molecule has 0 aliphatic heterocycles. The van der Waals surface area contributed by atoms with Gasteiger partial charge in [-0.1, -0.05) is 0 Å². The van der Waals surface area contributed by atoms with Crippen LogP contribution in [0.1, 0.15) is 18.7 Å². The lowest BCUT2D eigenvalue weighted by Crippen LogP contribution is -2.16. The van der Waals surface area contributed by atoms with E-state index in [9.17, 15) is 13.2 Å². The van der Waals surface area contributed by atoms with Gasteiger partial charge in [-0.25, -0.2) is 4.98 Å². The number of nitrogens with one attached hydrogen (secondary N) is 1. The second-order valence-corrected chi connectivity index (χ2v) is 5.47. The molecule has 1 aromatic heterocycles. The molecule has 118 valence electrons. The minimum atomic E-state index is -4.67. The highest BCUT2D eigenvalue weighted by molar-refractivity contribution is 5.56. The molecule has 0 radical (unpaired) electrons. The van der Waals surface area contributed by atoms with Crippen molar-refractivity contribution < 1.29 is 17.9 Å². The third-order valence-electron chi connectivity index (χ3n) is 3.49. The Labute approximate surface area is 125 Å². The molecule has 2 aromatic rings. The molecule has 7 heteroatoms. The van der Waals surface area contributed by atoms with Gasteiger partial charge in [-0.15, -0.1) is 13.2 Å². The van der Waals surface area contributed by atoms with Crippen LogP contribution in [-0.2, 0) is 6.54 Å². The molecule has 1 saturated carbocycles. The molecule has 1 aliphatic rings. The van der Waals surface area contributed by atoms with Gasteiger partial charge < -0.3 is 14.6 Å². The number of hydrogen-bond donors (Lipinski definition) is 1. The fourth-order valence-corrected chi connectivity index (χ4v) is 2.22. The summed E-state index contributed by atoms with van der Waals surface area (Å²) < 4.78 is 42.2. The van der Waals surface area contributed by atoms with Gasteiger partial charge in [0.05, 0.1) is 0 Å². The second-order valence-electron chi connectivity index (χ2n) is 5.47. The van der Waals surface area contributed by atoms with E-state index in [0.717, 1.165) is 18.3 Å². The first kappa shape index (κ1) is 14.7. The van der Waals surface area contributed by atoms with Gasteiger partial charge in [0, 0.05) is 18.4 Å². The first-order chi connectivity index (χ1) is 10.4. The highest BCUT2D eigenvalue weighted by Crippen LogP contribution is 2.31. The van der Waals surface area contributed by atoms with Gasteiger partial charge in [-0.2, -0.15) is 0 Å². The Kier molecular flexibility index (Phi) is 3.72.